The number of nitro benzene ring substituents is 2. The Kier molecular flexibility index (Phi) is 5.79. The van der Waals surface area contributed by atoms with Crippen LogP contribution in [-0.4, -0.2) is 15.8 Å². The van der Waals surface area contributed by atoms with Crippen LogP contribution in [0.4, 0.5) is 17.1 Å². The topological polar surface area (TPSA) is 127 Å². The maximum atomic E-state index is 12.9. The van der Waals surface area contributed by atoms with Gasteiger partial charge in [0.15, 0.2) is 0 Å². The second-order valence-electron chi connectivity index (χ2n) is 6.08. The predicted octanol–water partition coefficient (Wildman–Crippen LogP) is 3.78. The lowest BCUT2D eigenvalue weighted by atomic mass is 9.91. The molecule has 9 heteroatoms. The number of hydrogen-bond acceptors (Lipinski definition) is 6. The van der Waals surface area contributed by atoms with E-state index in [1.54, 1.807) is 0 Å². The first kappa shape index (κ1) is 19.5. The number of nitrogens with one attached hydrogen (secondary N) is 2. The molecule has 0 atom stereocenters. The zero-order valence-corrected chi connectivity index (χ0v) is 15.0. The predicted molar refractivity (Wildman–Crippen MR) is 106 cm³/mol. The molecule has 0 unspecified atom stereocenters. The molecular weight excluding hydrogens is 376 g/mol. The van der Waals surface area contributed by atoms with Crippen LogP contribution in [0.2, 0.25) is 0 Å². The largest absolute Gasteiger partial charge is 0.300 e. The average Bonchev–Trinajstić information content (AvgIpc) is 2.73. The molecule has 9 nitrogen and oxygen atoms in total. The number of carbonyl (C=O) groups excluding carboxylic acids is 1. The van der Waals surface area contributed by atoms with Crippen molar-refractivity contribution in [2.75, 3.05) is 5.43 Å². The maximum Gasteiger partial charge on any atom is 0.300 e. The first-order valence-electron chi connectivity index (χ1n) is 8.56. The van der Waals surface area contributed by atoms with E-state index in [0.29, 0.717) is 0 Å². The van der Waals surface area contributed by atoms with Gasteiger partial charge in [0, 0.05) is 6.07 Å². The highest BCUT2D eigenvalue weighted by atomic mass is 16.6. The van der Waals surface area contributed by atoms with Crippen LogP contribution in [0.3, 0.4) is 0 Å². The summed E-state index contributed by atoms with van der Waals surface area (Å²) in [7, 11) is 0. The molecule has 0 aliphatic carbocycles. The van der Waals surface area contributed by atoms with Crippen molar-refractivity contribution < 1.29 is 14.6 Å². The standard InChI is InChI=1S/C20H16N4O5/c25-20(19(14-7-3-1-4-8-14)15-9-5-2-6-10-15)22-21-17-12-11-16(23(26)27)13-18(17)24(28)29/h1-13,19,21H,(H,22,25). The third-order valence-corrected chi connectivity index (χ3v) is 4.24. The molecule has 29 heavy (non-hydrogen) atoms. The number of rotatable bonds is 7. The third kappa shape index (κ3) is 4.53. The molecule has 0 spiro atoms. The van der Waals surface area contributed by atoms with Gasteiger partial charge in [0.05, 0.1) is 21.8 Å². The normalized spacial score (nSPS) is 10.4. The number of carbonyl (C=O) groups is 1. The quantitative estimate of drug-likeness (QED) is 0.465. The summed E-state index contributed by atoms with van der Waals surface area (Å²) in [5.74, 6) is -1.09. The molecule has 0 aliphatic heterocycles. The van der Waals surface area contributed by atoms with E-state index >= 15 is 0 Å². The molecule has 0 aromatic heterocycles. The van der Waals surface area contributed by atoms with Crippen LogP contribution in [0.25, 0.3) is 0 Å². The Morgan fingerprint density at radius 2 is 1.34 bits per heavy atom. The lowest BCUT2D eigenvalue weighted by molar-refractivity contribution is -0.393. The van der Waals surface area contributed by atoms with Crippen LogP contribution < -0.4 is 10.9 Å². The summed E-state index contributed by atoms with van der Waals surface area (Å²) in [5, 5.41) is 22.1. The average molecular weight is 392 g/mol. The van der Waals surface area contributed by atoms with Crippen LogP contribution >= 0.6 is 0 Å². The molecule has 0 aliphatic rings. The zero-order valence-electron chi connectivity index (χ0n) is 15.0. The van der Waals surface area contributed by atoms with E-state index < -0.39 is 33.0 Å². The van der Waals surface area contributed by atoms with E-state index in [2.05, 4.69) is 10.9 Å². The summed E-state index contributed by atoms with van der Waals surface area (Å²) >= 11 is 0. The fraction of sp³-hybridized carbons (Fsp3) is 0.0500. The SMILES string of the molecule is O=C(NNc1ccc([N+](=O)[O-])cc1[N+](=O)[O-])C(c1ccccc1)c1ccccc1. The van der Waals surface area contributed by atoms with E-state index in [1.165, 1.54) is 6.07 Å². The van der Waals surface area contributed by atoms with Gasteiger partial charge in [-0.1, -0.05) is 60.7 Å². The summed E-state index contributed by atoms with van der Waals surface area (Å²) in [4.78, 5) is 33.5. The molecule has 0 radical (unpaired) electrons. The zero-order chi connectivity index (χ0) is 20.8. The molecule has 146 valence electrons. The van der Waals surface area contributed by atoms with Gasteiger partial charge < -0.3 is 0 Å². The Morgan fingerprint density at radius 3 is 1.83 bits per heavy atom. The van der Waals surface area contributed by atoms with Gasteiger partial charge in [0.1, 0.15) is 5.69 Å². The molecule has 3 aromatic carbocycles. The molecule has 0 saturated carbocycles. The van der Waals surface area contributed by atoms with Crippen molar-refractivity contribution in [1.29, 1.82) is 0 Å². The van der Waals surface area contributed by atoms with Gasteiger partial charge in [-0.3, -0.25) is 35.9 Å². The van der Waals surface area contributed by atoms with Gasteiger partial charge in [-0.15, -0.1) is 0 Å². The number of hydrazine groups is 1. The van der Waals surface area contributed by atoms with Crippen molar-refractivity contribution >= 4 is 23.0 Å². The van der Waals surface area contributed by atoms with Crippen molar-refractivity contribution in [2.24, 2.45) is 0 Å². The molecule has 3 aromatic rings. The number of hydrogen-bond donors (Lipinski definition) is 2. The van der Waals surface area contributed by atoms with Gasteiger partial charge in [0.2, 0.25) is 5.91 Å². The second-order valence-corrected chi connectivity index (χ2v) is 6.08. The fourth-order valence-corrected chi connectivity index (χ4v) is 2.88. The van der Waals surface area contributed by atoms with E-state index in [9.17, 15) is 25.0 Å². The molecule has 2 N–H and O–H groups in total. The lowest BCUT2D eigenvalue weighted by Crippen LogP contribution is -2.34. The van der Waals surface area contributed by atoms with Crippen LogP contribution in [0, 0.1) is 20.2 Å². The number of nitro groups is 2. The van der Waals surface area contributed by atoms with Crippen molar-refractivity contribution in [3.8, 4) is 0 Å². The minimum Gasteiger partial charge on any atom is -0.292 e. The Labute approximate surface area is 165 Å². The van der Waals surface area contributed by atoms with Crippen LogP contribution in [0.15, 0.2) is 78.9 Å². The van der Waals surface area contributed by atoms with Gasteiger partial charge in [0.25, 0.3) is 5.69 Å². The number of benzene rings is 3. The molecule has 0 bridgehead atoms. The minimum atomic E-state index is -0.757. The van der Waals surface area contributed by atoms with Gasteiger partial charge in [-0.2, -0.15) is 0 Å². The monoisotopic (exact) mass is 392 g/mol. The molecule has 0 heterocycles. The summed E-state index contributed by atoms with van der Waals surface area (Å²) < 4.78 is 0. The highest BCUT2D eigenvalue weighted by Crippen LogP contribution is 2.29. The van der Waals surface area contributed by atoms with Crippen molar-refractivity contribution in [3.05, 3.63) is 110 Å². The van der Waals surface area contributed by atoms with Crippen LogP contribution in [-0.2, 0) is 4.79 Å². The number of anilines is 1. The summed E-state index contributed by atoms with van der Waals surface area (Å²) in [6.07, 6.45) is 0. The van der Waals surface area contributed by atoms with Crippen molar-refractivity contribution in [2.45, 2.75) is 5.92 Å². The summed E-state index contributed by atoms with van der Waals surface area (Å²) in [6, 6.07) is 21.3. The molecule has 0 saturated heterocycles. The maximum absolute atomic E-state index is 12.9. The van der Waals surface area contributed by atoms with E-state index in [0.717, 1.165) is 23.3 Å². The Balaban J connectivity index is 1.86. The fourth-order valence-electron chi connectivity index (χ4n) is 2.88. The summed E-state index contributed by atoms with van der Waals surface area (Å²) in [6.45, 7) is 0. The highest BCUT2D eigenvalue weighted by molar-refractivity contribution is 5.88. The summed E-state index contributed by atoms with van der Waals surface area (Å²) in [5.41, 5.74) is 5.49. The van der Waals surface area contributed by atoms with Crippen molar-refractivity contribution in [3.63, 3.8) is 0 Å². The molecule has 0 fully saturated rings. The number of non-ortho nitro benzene ring substituents is 1. The third-order valence-electron chi connectivity index (χ3n) is 4.24. The Morgan fingerprint density at radius 1 is 0.793 bits per heavy atom. The number of nitrogens with zero attached hydrogens (tertiary/aromatic N) is 2. The Bertz CT molecular complexity index is 1000. The molecule has 3 rings (SSSR count). The first-order valence-corrected chi connectivity index (χ1v) is 8.56. The number of amides is 1. The lowest BCUT2D eigenvalue weighted by Gasteiger charge is -2.18. The van der Waals surface area contributed by atoms with Gasteiger partial charge >= 0.3 is 5.69 Å². The highest BCUT2D eigenvalue weighted by Gasteiger charge is 2.24. The molecular formula is C20H16N4O5. The van der Waals surface area contributed by atoms with Gasteiger partial charge in [-0.25, -0.2) is 0 Å². The van der Waals surface area contributed by atoms with Gasteiger partial charge in [-0.05, 0) is 17.2 Å². The molecule has 1 amide bonds. The minimum absolute atomic E-state index is 0.0613. The van der Waals surface area contributed by atoms with E-state index in [4.69, 9.17) is 0 Å². The van der Waals surface area contributed by atoms with E-state index in [1.807, 2.05) is 60.7 Å². The second kappa shape index (κ2) is 8.61. The smallest absolute Gasteiger partial charge is 0.292 e. The van der Waals surface area contributed by atoms with Crippen LogP contribution in [0.5, 0.6) is 0 Å². The first-order chi connectivity index (χ1) is 14.0. The van der Waals surface area contributed by atoms with Crippen molar-refractivity contribution in [1.82, 2.24) is 5.43 Å². The Hall–Kier alpha value is -4.27. The van der Waals surface area contributed by atoms with Crippen LogP contribution in [0.1, 0.15) is 17.0 Å². The van der Waals surface area contributed by atoms with E-state index in [-0.39, 0.29) is 5.69 Å².